The molecule has 118 valence electrons. The molecule has 0 unspecified atom stereocenters. The molecule has 2 aromatic rings. The Morgan fingerprint density at radius 3 is 2.17 bits per heavy atom. The third kappa shape index (κ3) is 4.73. The van der Waals surface area contributed by atoms with Crippen LogP contribution in [0.25, 0.3) is 6.08 Å². The summed E-state index contributed by atoms with van der Waals surface area (Å²) in [5, 5.41) is 3.68. The van der Waals surface area contributed by atoms with E-state index in [0.717, 1.165) is 0 Å². The topological polar surface area (TPSA) is 72.2 Å². The fourth-order valence-electron chi connectivity index (χ4n) is 1.73. The van der Waals surface area contributed by atoms with Crippen LogP contribution in [-0.2, 0) is 4.79 Å². The van der Waals surface area contributed by atoms with Gasteiger partial charge in [0.15, 0.2) is 0 Å². The Kier molecular flexibility index (Phi) is 5.66. The minimum absolute atomic E-state index is 0.0664. The van der Waals surface area contributed by atoms with Crippen LogP contribution in [0.3, 0.4) is 0 Å². The molecule has 0 aliphatic heterocycles. The Hall–Kier alpha value is -2.01. The van der Waals surface area contributed by atoms with Gasteiger partial charge < -0.3 is 11.1 Å². The number of rotatable bonds is 4. The summed E-state index contributed by atoms with van der Waals surface area (Å²) in [7, 11) is 0. The smallest absolute Gasteiger partial charge is 0.265 e. The molecule has 2 amide bonds. The maximum absolute atomic E-state index is 12.1. The zero-order valence-electron chi connectivity index (χ0n) is 11.6. The second kappa shape index (κ2) is 7.51. The van der Waals surface area contributed by atoms with Gasteiger partial charge in [-0.1, -0.05) is 40.9 Å². The molecule has 0 heterocycles. The van der Waals surface area contributed by atoms with E-state index in [-0.39, 0.29) is 5.70 Å². The van der Waals surface area contributed by atoms with Crippen molar-refractivity contribution in [3.63, 3.8) is 0 Å². The lowest BCUT2D eigenvalue weighted by atomic mass is 10.1. The summed E-state index contributed by atoms with van der Waals surface area (Å²) in [4.78, 5) is 23.7. The normalized spacial score (nSPS) is 11.2. The highest BCUT2D eigenvalue weighted by Crippen LogP contribution is 2.23. The van der Waals surface area contributed by atoms with E-state index in [1.165, 1.54) is 18.2 Å². The van der Waals surface area contributed by atoms with Gasteiger partial charge in [-0.15, -0.1) is 0 Å². The Balaban J connectivity index is 2.26. The zero-order chi connectivity index (χ0) is 17.0. The lowest BCUT2D eigenvalue weighted by Gasteiger charge is -2.07. The summed E-state index contributed by atoms with van der Waals surface area (Å²) >= 11 is 17.5. The lowest BCUT2D eigenvalue weighted by Crippen LogP contribution is -2.31. The number of carbonyl (C=O) groups excluding carboxylic acids is 2. The number of primary amides is 1. The molecule has 0 aliphatic rings. The average Bonchev–Trinajstić information content (AvgIpc) is 2.50. The Morgan fingerprint density at radius 2 is 1.61 bits per heavy atom. The first-order chi connectivity index (χ1) is 10.9. The van der Waals surface area contributed by atoms with Gasteiger partial charge >= 0.3 is 0 Å². The van der Waals surface area contributed by atoms with E-state index in [4.69, 9.17) is 40.5 Å². The molecular weight excluding hydrogens is 359 g/mol. The van der Waals surface area contributed by atoms with E-state index in [2.05, 4.69) is 5.32 Å². The third-order valence-corrected chi connectivity index (χ3v) is 3.87. The largest absolute Gasteiger partial charge is 0.364 e. The summed E-state index contributed by atoms with van der Waals surface area (Å²) < 4.78 is 0. The van der Waals surface area contributed by atoms with E-state index in [0.29, 0.717) is 26.2 Å². The van der Waals surface area contributed by atoms with Crippen molar-refractivity contribution in [3.8, 4) is 0 Å². The monoisotopic (exact) mass is 368 g/mol. The molecule has 0 fully saturated rings. The number of nitrogens with one attached hydrogen (secondary N) is 1. The minimum Gasteiger partial charge on any atom is -0.364 e. The predicted octanol–water partition coefficient (Wildman–Crippen LogP) is 3.90. The molecule has 0 spiro atoms. The molecule has 2 rings (SSSR count). The van der Waals surface area contributed by atoms with Gasteiger partial charge in [0, 0.05) is 10.6 Å². The molecule has 0 atom stereocenters. The maximum Gasteiger partial charge on any atom is 0.265 e. The van der Waals surface area contributed by atoms with E-state index >= 15 is 0 Å². The Morgan fingerprint density at radius 1 is 0.957 bits per heavy atom. The molecule has 0 saturated heterocycles. The summed E-state index contributed by atoms with van der Waals surface area (Å²) in [5.41, 5.74) is 6.15. The van der Waals surface area contributed by atoms with Crippen molar-refractivity contribution in [2.24, 2.45) is 5.73 Å². The number of benzene rings is 2. The van der Waals surface area contributed by atoms with Crippen molar-refractivity contribution >= 4 is 52.7 Å². The summed E-state index contributed by atoms with van der Waals surface area (Å²) in [6.07, 6.45) is 1.42. The van der Waals surface area contributed by atoms with Crippen LogP contribution in [0, 0.1) is 0 Å². The van der Waals surface area contributed by atoms with Gasteiger partial charge in [0.2, 0.25) is 0 Å². The van der Waals surface area contributed by atoms with Crippen LogP contribution in [-0.4, -0.2) is 11.8 Å². The molecule has 2 aromatic carbocycles. The van der Waals surface area contributed by atoms with Crippen LogP contribution in [0.4, 0.5) is 0 Å². The van der Waals surface area contributed by atoms with Gasteiger partial charge in [0.25, 0.3) is 11.8 Å². The average molecular weight is 370 g/mol. The van der Waals surface area contributed by atoms with Crippen LogP contribution in [0.2, 0.25) is 15.1 Å². The lowest BCUT2D eigenvalue weighted by molar-refractivity contribution is -0.114. The third-order valence-electron chi connectivity index (χ3n) is 2.87. The van der Waals surface area contributed by atoms with Gasteiger partial charge in [-0.05, 0) is 48.0 Å². The maximum atomic E-state index is 12.1. The highest BCUT2D eigenvalue weighted by molar-refractivity contribution is 6.42. The summed E-state index contributed by atoms with van der Waals surface area (Å²) in [6, 6.07) is 11.0. The zero-order valence-corrected chi connectivity index (χ0v) is 13.9. The number of halogens is 3. The quantitative estimate of drug-likeness (QED) is 0.802. The van der Waals surface area contributed by atoms with Crippen molar-refractivity contribution in [1.29, 1.82) is 0 Å². The molecule has 4 nitrogen and oxygen atoms in total. The highest BCUT2D eigenvalue weighted by Gasteiger charge is 2.12. The molecule has 0 saturated carbocycles. The van der Waals surface area contributed by atoms with E-state index in [1.807, 2.05) is 0 Å². The van der Waals surface area contributed by atoms with Gasteiger partial charge in [-0.3, -0.25) is 9.59 Å². The first-order valence-corrected chi connectivity index (χ1v) is 7.53. The van der Waals surface area contributed by atoms with Crippen LogP contribution >= 0.6 is 34.8 Å². The Labute approximate surface area is 147 Å². The van der Waals surface area contributed by atoms with Crippen LogP contribution in [0.1, 0.15) is 15.9 Å². The van der Waals surface area contributed by atoms with Gasteiger partial charge in [0.1, 0.15) is 5.70 Å². The van der Waals surface area contributed by atoms with Crippen molar-refractivity contribution in [2.75, 3.05) is 0 Å². The fraction of sp³-hybridized carbons (Fsp3) is 0. The first kappa shape index (κ1) is 17.3. The molecule has 0 bridgehead atoms. The number of carbonyl (C=O) groups is 2. The number of amides is 2. The van der Waals surface area contributed by atoms with Crippen molar-refractivity contribution in [2.45, 2.75) is 0 Å². The predicted molar refractivity (Wildman–Crippen MR) is 92.6 cm³/mol. The molecule has 0 radical (unpaired) electrons. The molecule has 7 heteroatoms. The van der Waals surface area contributed by atoms with Crippen molar-refractivity contribution < 1.29 is 9.59 Å². The first-order valence-electron chi connectivity index (χ1n) is 6.40. The van der Waals surface area contributed by atoms with Crippen LogP contribution < -0.4 is 11.1 Å². The van der Waals surface area contributed by atoms with Gasteiger partial charge in [-0.25, -0.2) is 0 Å². The van der Waals surface area contributed by atoms with Crippen molar-refractivity contribution in [3.05, 3.63) is 74.4 Å². The van der Waals surface area contributed by atoms with Gasteiger partial charge in [0.05, 0.1) is 10.0 Å². The summed E-state index contributed by atoms with van der Waals surface area (Å²) in [5.74, 6) is -1.26. The summed E-state index contributed by atoms with van der Waals surface area (Å²) in [6.45, 7) is 0. The highest BCUT2D eigenvalue weighted by atomic mass is 35.5. The standard InChI is InChI=1S/C16H11Cl3N2O2/c17-11-4-2-10(3-5-11)16(23)21-14(15(20)22)8-9-1-6-12(18)13(19)7-9/h1-8H,(H2,20,22)(H,21,23)/b14-8+. The molecule has 3 N–H and O–H groups in total. The van der Waals surface area contributed by atoms with E-state index in [1.54, 1.807) is 30.3 Å². The van der Waals surface area contributed by atoms with E-state index in [9.17, 15) is 9.59 Å². The van der Waals surface area contributed by atoms with Crippen molar-refractivity contribution in [1.82, 2.24) is 5.32 Å². The molecular formula is C16H11Cl3N2O2. The molecule has 0 aromatic heterocycles. The number of hydrogen-bond donors (Lipinski definition) is 2. The van der Waals surface area contributed by atoms with E-state index < -0.39 is 11.8 Å². The SMILES string of the molecule is NC(=O)/C(=C\c1ccc(Cl)c(Cl)c1)NC(=O)c1ccc(Cl)cc1. The van der Waals surface area contributed by atoms with Gasteiger partial charge in [-0.2, -0.15) is 0 Å². The second-order valence-electron chi connectivity index (χ2n) is 4.56. The number of nitrogens with two attached hydrogens (primary N) is 1. The Bertz CT molecular complexity index is 786. The fourth-order valence-corrected chi connectivity index (χ4v) is 2.17. The minimum atomic E-state index is -0.779. The van der Waals surface area contributed by atoms with Crippen LogP contribution in [0.15, 0.2) is 48.2 Å². The second-order valence-corrected chi connectivity index (χ2v) is 5.81. The van der Waals surface area contributed by atoms with Crippen LogP contribution in [0.5, 0.6) is 0 Å². The molecule has 0 aliphatic carbocycles. The molecule has 23 heavy (non-hydrogen) atoms. The number of hydrogen-bond acceptors (Lipinski definition) is 2.